The largest absolute Gasteiger partial charge is 0.496 e. The number of rotatable bonds is 6. The second-order valence-corrected chi connectivity index (χ2v) is 9.67. The first-order valence-electron chi connectivity index (χ1n) is 10.4. The molecule has 1 aliphatic rings. The van der Waals surface area contributed by atoms with Gasteiger partial charge in [-0.15, -0.1) is 0 Å². The number of carbonyl (C=O) groups excluding carboxylic acids is 1. The predicted molar refractivity (Wildman–Crippen MR) is 117 cm³/mol. The van der Waals surface area contributed by atoms with E-state index in [1.807, 2.05) is 38.1 Å². The first-order chi connectivity index (χ1) is 14.3. The summed E-state index contributed by atoms with van der Waals surface area (Å²) in [6.45, 7) is 4.75. The van der Waals surface area contributed by atoms with Gasteiger partial charge < -0.3 is 10.1 Å². The maximum atomic E-state index is 13.1. The molecule has 7 heteroatoms. The van der Waals surface area contributed by atoms with Crippen LogP contribution in [0.1, 0.15) is 60.1 Å². The molecule has 1 heterocycles. The lowest BCUT2D eigenvalue weighted by Crippen LogP contribution is -2.32. The lowest BCUT2D eigenvalue weighted by molar-refractivity contribution is 0.0938. The predicted octanol–water partition coefficient (Wildman–Crippen LogP) is 4.06. The third-order valence-electron chi connectivity index (χ3n) is 5.61. The summed E-state index contributed by atoms with van der Waals surface area (Å²) in [7, 11) is -2.02. The van der Waals surface area contributed by atoms with Crippen LogP contribution in [0.15, 0.2) is 47.4 Å². The summed E-state index contributed by atoms with van der Waals surface area (Å²) < 4.78 is 33.2. The van der Waals surface area contributed by atoms with Crippen LogP contribution in [0, 0.1) is 6.92 Å². The quantitative estimate of drug-likeness (QED) is 0.750. The fourth-order valence-corrected chi connectivity index (χ4v) is 5.36. The van der Waals surface area contributed by atoms with Crippen molar-refractivity contribution in [3.63, 3.8) is 0 Å². The average molecular weight is 431 g/mol. The monoisotopic (exact) mass is 430 g/mol. The average Bonchev–Trinajstić information content (AvgIpc) is 3.04. The van der Waals surface area contributed by atoms with Gasteiger partial charge in [0.25, 0.3) is 5.91 Å². The van der Waals surface area contributed by atoms with E-state index in [9.17, 15) is 13.2 Å². The normalized spacial score (nSPS) is 16.5. The highest BCUT2D eigenvalue weighted by Gasteiger charge is 2.26. The molecule has 3 rings (SSSR count). The van der Waals surface area contributed by atoms with E-state index in [2.05, 4.69) is 5.32 Å². The zero-order chi connectivity index (χ0) is 21.7. The number of amides is 1. The minimum absolute atomic E-state index is 0.171. The number of nitrogens with one attached hydrogen (secondary N) is 1. The van der Waals surface area contributed by atoms with Crippen molar-refractivity contribution in [3.8, 4) is 5.75 Å². The topological polar surface area (TPSA) is 75.7 Å². The van der Waals surface area contributed by atoms with E-state index in [4.69, 9.17) is 4.74 Å². The molecule has 30 heavy (non-hydrogen) atoms. The third kappa shape index (κ3) is 4.84. The van der Waals surface area contributed by atoms with Crippen LogP contribution in [0.5, 0.6) is 5.75 Å². The molecule has 0 saturated carbocycles. The molecule has 0 bridgehead atoms. The summed E-state index contributed by atoms with van der Waals surface area (Å²) in [6.07, 6.45) is 3.84. The fraction of sp³-hybridized carbons (Fsp3) is 0.435. The first-order valence-corrected chi connectivity index (χ1v) is 11.8. The fourth-order valence-electron chi connectivity index (χ4n) is 3.81. The van der Waals surface area contributed by atoms with E-state index in [1.165, 1.54) is 6.07 Å². The van der Waals surface area contributed by atoms with Crippen LogP contribution in [0.2, 0.25) is 0 Å². The number of hydrogen-bond acceptors (Lipinski definition) is 4. The number of para-hydroxylation sites is 1. The second-order valence-electron chi connectivity index (χ2n) is 7.73. The Morgan fingerprint density at radius 2 is 1.73 bits per heavy atom. The van der Waals surface area contributed by atoms with Crippen molar-refractivity contribution in [2.45, 2.75) is 50.5 Å². The Morgan fingerprint density at radius 1 is 1.07 bits per heavy atom. The van der Waals surface area contributed by atoms with Gasteiger partial charge in [-0.2, -0.15) is 4.31 Å². The third-order valence-corrected chi connectivity index (χ3v) is 7.50. The lowest BCUT2D eigenvalue weighted by atomic mass is 10.0. The van der Waals surface area contributed by atoms with Crippen molar-refractivity contribution in [3.05, 3.63) is 59.2 Å². The Morgan fingerprint density at radius 3 is 2.40 bits per heavy atom. The Hall–Kier alpha value is -2.38. The Balaban J connectivity index is 1.84. The highest BCUT2D eigenvalue weighted by Crippen LogP contribution is 2.26. The number of hydrogen-bond donors (Lipinski definition) is 1. The molecule has 2 aromatic carbocycles. The summed E-state index contributed by atoms with van der Waals surface area (Å²) in [6, 6.07) is 12.0. The smallest absolute Gasteiger partial charge is 0.252 e. The van der Waals surface area contributed by atoms with E-state index >= 15 is 0 Å². The van der Waals surface area contributed by atoms with Crippen molar-refractivity contribution >= 4 is 15.9 Å². The van der Waals surface area contributed by atoms with Gasteiger partial charge in [0.15, 0.2) is 0 Å². The summed E-state index contributed by atoms with van der Waals surface area (Å²) in [4.78, 5) is 13.2. The number of ether oxygens (including phenoxy) is 1. The molecular weight excluding hydrogens is 400 g/mol. The summed E-state index contributed by atoms with van der Waals surface area (Å²) in [5, 5.41) is 2.97. The van der Waals surface area contributed by atoms with Crippen molar-refractivity contribution in [2.75, 3.05) is 20.2 Å². The second kappa shape index (κ2) is 9.62. The standard InChI is InChI=1S/C23H30N2O4S/c1-17-12-13-19(30(27,28)25-14-8-4-5-9-15-25)16-21(17)23(26)24-18(2)20-10-6-7-11-22(20)29-3/h6-7,10-13,16,18H,4-5,8-9,14-15H2,1-3H3,(H,24,26)/t18-/m1/s1. The number of nitrogens with zero attached hydrogens (tertiary/aromatic N) is 1. The zero-order valence-corrected chi connectivity index (χ0v) is 18.7. The molecular formula is C23H30N2O4S. The van der Waals surface area contributed by atoms with Crippen LogP contribution in [0.4, 0.5) is 0 Å². The van der Waals surface area contributed by atoms with E-state index in [1.54, 1.807) is 23.5 Å². The van der Waals surface area contributed by atoms with Gasteiger partial charge in [-0.3, -0.25) is 4.79 Å². The van der Waals surface area contributed by atoms with Gasteiger partial charge in [0.05, 0.1) is 18.0 Å². The van der Waals surface area contributed by atoms with Crippen LogP contribution < -0.4 is 10.1 Å². The van der Waals surface area contributed by atoms with Gasteiger partial charge in [-0.25, -0.2) is 8.42 Å². The summed E-state index contributed by atoms with van der Waals surface area (Å²) in [5.74, 6) is 0.387. The van der Waals surface area contributed by atoms with Crippen molar-refractivity contribution < 1.29 is 17.9 Å². The van der Waals surface area contributed by atoms with Gasteiger partial charge in [0, 0.05) is 24.2 Å². The minimum Gasteiger partial charge on any atom is -0.496 e. The molecule has 1 saturated heterocycles. The molecule has 1 N–H and O–H groups in total. The van der Waals surface area contributed by atoms with Crippen LogP contribution in [-0.4, -0.2) is 38.8 Å². The zero-order valence-electron chi connectivity index (χ0n) is 17.8. The minimum atomic E-state index is -3.62. The molecule has 1 atom stereocenters. The first kappa shape index (κ1) is 22.3. The number of sulfonamides is 1. The van der Waals surface area contributed by atoms with Gasteiger partial charge >= 0.3 is 0 Å². The molecule has 6 nitrogen and oxygen atoms in total. The van der Waals surface area contributed by atoms with Crippen molar-refractivity contribution in [2.24, 2.45) is 0 Å². The number of benzene rings is 2. The van der Waals surface area contributed by atoms with Crippen LogP contribution in [-0.2, 0) is 10.0 Å². The van der Waals surface area contributed by atoms with E-state index in [0.717, 1.165) is 36.8 Å². The highest BCUT2D eigenvalue weighted by atomic mass is 32.2. The maximum Gasteiger partial charge on any atom is 0.252 e. The SMILES string of the molecule is COc1ccccc1[C@@H](C)NC(=O)c1cc(S(=O)(=O)N2CCCCCC2)ccc1C. The Bertz CT molecular complexity index is 996. The van der Waals surface area contributed by atoms with Gasteiger partial charge in [0.1, 0.15) is 5.75 Å². The van der Waals surface area contributed by atoms with Crippen LogP contribution in [0.3, 0.4) is 0 Å². The summed E-state index contributed by atoms with van der Waals surface area (Å²) in [5.41, 5.74) is 1.96. The Labute approximate surface area is 179 Å². The lowest BCUT2D eigenvalue weighted by Gasteiger charge is -2.21. The van der Waals surface area contributed by atoms with Crippen molar-refractivity contribution in [1.82, 2.24) is 9.62 Å². The maximum absolute atomic E-state index is 13.1. The van der Waals surface area contributed by atoms with Gasteiger partial charge in [0.2, 0.25) is 10.0 Å². The molecule has 0 unspecified atom stereocenters. The number of aryl methyl sites for hydroxylation is 1. The molecule has 1 fully saturated rings. The van der Waals surface area contributed by atoms with Crippen LogP contribution >= 0.6 is 0 Å². The van der Waals surface area contributed by atoms with Gasteiger partial charge in [-0.1, -0.05) is 37.1 Å². The molecule has 162 valence electrons. The van der Waals surface area contributed by atoms with Crippen LogP contribution in [0.25, 0.3) is 0 Å². The molecule has 0 spiro atoms. The van der Waals surface area contributed by atoms with E-state index < -0.39 is 10.0 Å². The number of carbonyl (C=O) groups is 1. The molecule has 0 aliphatic carbocycles. The number of methoxy groups -OCH3 is 1. The molecule has 2 aromatic rings. The molecule has 0 aromatic heterocycles. The molecule has 1 aliphatic heterocycles. The molecule has 1 amide bonds. The van der Waals surface area contributed by atoms with Crippen molar-refractivity contribution in [1.29, 1.82) is 0 Å². The van der Waals surface area contributed by atoms with E-state index in [0.29, 0.717) is 24.4 Å². The highest BCUT2D eigenvalue weighted by molar-refractivity contribution is 7.89. The van der Waals surface area contributed by atoms with E-state index in [-0.39, 0.29) is 16.8 Å². The Kier molecular flexibility index (Phi) is 7.15. The summed E-state index contributed by atoms with van der Waals surface area (Å²) >= 11 is 0. The molecule has 0 radical (unpaired) electrons. The van der Waals surface area contributed by atoms with Gasteiger partial charge in [-0.05, 0) is 50.5 Å².